The van der Waals surface area contributed by atoms with Crippen molar-refractivity contribution in [1.29, 1.82) is 0 Å². The van der Waals surface area contributed by atoms with Gasteiger partial charge in [-0.05, 0) is 43.4 Å². The van der Waals surface area contributed by atoms with Crippen LogP contribution in [0, 0.1) is 18.8 Å². The Bertz CT molecular complexity index is 757. The summed E-state index contributed by atoms with van der Waals surface area (Å²) >= 11 is 0. The highest BCUT2D eigenvalue weighted by Gasteiger charge is 2.28. The fraction of sp³-hybridized carbons (Fsp3) is 0.500. The maximum absolute atomic E-state index is 12.8. The predicted molar refractivity (Wildman–Crippen MR) is 96.5 cm³/mol. The quantitative estimate of drug-likeness (QED) is 0.923. The van der Waals surface area contributed by atoms with Crippen LogP contribution in [0.3, 0.4) is 0 Å². The molecule has 1 saturated carbocycles. The lowest BCUT2D eigenvalue weighted by Gasteiger charge is -2.34. The molecule has 1 fully saturated rings. The summed E-state index contributed by atoms with van der Waals surface area (Å²) < 4.78 is 5.24. The van der Waals surface area contributed by atoms with Gasteiger partial charge >= 0.3 is 0 Å². The Morgan fingerprint density at radius 3 is 2.79 bits per heavy atom. The van der Waals surface area contributed by atoms with E-state index in [0.29, 0.717) is 17.4 Å². The van der Waals surface area contributed by atoms with Crippen LogP contribution in [0.2, 0.25) is 0 Å². The van der Waals surface area contributed by atoms with Crippen molar-refractivity contribution in [2.24, 2.45) is 11.8 Å². The number of hydrogen-bond acceptors (Lipinski definition) is 3. The van der Waals surface area contributed by atoms with Crippen LogP contribution in [-0.4, -0.2) is 24.0 Å². The van der Waals surface area contributed by atoms with Gasteiger partial charge in [-0.25, -0.2) is 0 Å². The predicted octanol–water partition coefficient (Wildman–Crippen LogP) is 4.11. The van der Waals surface area contributed by atoms with Crippen molar-refractivity contribution in [3.63, 3.8) is 0 Å². The van der Waals surface area contributed by atoms with Crippen molar-refractivity contribution in [1.82, 2.24) is 10.3 Å². The highest BCUT2D eigenvalue weighted by molar-refractivity contribution is 5.99. The van der Waals surface area contributed by atoms with Gasteiger partial charge in [0.1, 0.15) is 5.75 Å². The van der Waals surface area contributed by atoms with Gasteiger partial charge in [0.25, 0.3) is 5.91 Å². The summed E-state index contributed by atoms with van der Waals surface area (Å²) in [4.78, 5) is 17.4. The molecule has 0 spiro atoms. The third-order valence-electron chi connectivity index (χ3n) is 5.48. The summed E-state index contributed by atoms with van der Waals surface area (Å²) in [6.45, 7) is 6.41. The SMILES string of the molecule is COc1ccc2cc(C(=O)NC3CCCC(C)C3C)c(C)nc2c1. The Morgan fingerprint density at radius 1 is 1.25 bits per heavy atom. The van der Waals surface area contributed by atoms with Gasteiger partial charge in [-0.3, -0.25) is 9.78 Å². The molecule has 2 aromatic rings. The van der Waals surface area contributed by atoms with Crippen molar-refractivity contribution in [3.05, 3.63) is 35.5 Å². The molecule has 128 valence electrons. The van der Waals surface area contributed by atoms with Gasteiger partial charge in [-0.1, -0.05) is 26.7 Å². The molecule has 3 atom stereocenters. The van der Waals surface area contributed by atoms with E-state index in [0.717, 1.165) is 28.8 Å². The van der Waals surface area contributed by atoms with E-state index in [1.165, 1.54) is 12.8 Å². The van der Waals surface area contributed by atoms with Crippen LogP contribution in [0.5, 0.6) is 5.75 Å². The van der Waals surface area contributed by atoms with Crippen LogP contribution in [0.25, 0.3) is 10.9 Å². The molecule has 0 saturated heterocycles. The van der Waals surface area contributed by atoms with Crippen LogP contribution in [-0.2, 0) is 0 Å². The van der Waals surface area contributed by atoms with E-state index < -0.39 is 0 Å². The molecule has 24 heavy (non-hydrogen) atoms. The Balaban J connectivity index is 1.85. The molecular weight excluding hydrogens is 300 g/mol. The van der Waals surface area contributed by atoms with Crippen molar-refractivity contribution < 1.29 is 9.53 Å². The number of pyridine rings is 1. The van der Waals surface area contributed by atoms with E-state index in [-0.39, 0.29) is 11.9 Å². The number of carbonyl (C=O) groups excluding carboxylic acids is 1. The minimum Gasteiger partial charge on any atom is -0.497 e. The summed E-state index contributed by atoms with van der Waals surface area (Å²) in [6.07, 6.45) is 3.51. The molecule has 4 nitrogen and oxygen atoms in total. The highest BCUT2D eigenvalue weighted by atomic mass is 16.5. The van der Waals surface area contributed by atoms with Gasteiger partial charge in [0.15, 0.2) is 0 Å². The second-order valence-electron chi connectivity index (χ2n) is 7.03. The molecule has 1 N–H and O–H groups in total. The van der Waals surface area contributed by atoms with E-state index in [9.17, 15) is 4.79 Å². The largest absolute Gasteiger partial charge is 0.497 e. The Labute approximate surface area is 143 Å². The lowest BCUT2D eigenvalue weighted by atomic mass is 9.78. The monoisotopic (exact) mass is 326 g/mol. The van der Waals surface area contributed by atoms with E-state index in [1.54, 1.807) is 7.11 Å². The number of methoxy groups -OCH3 is 1. The van der Waals surface area contributed by atoms with Gasteiger partial charge in [0, 0.05) is 17.5 Å². The third-order valence-corrected chi connectivity index (χ3v) is 5.48. The van der Waals surface area contributed by atoms with Gasteiger partial charge in [-0.2, -0.15) is 0 Å². The van der Waals surface area contributed by atoms with Crippen LogP contribution >= 0.6 is 0 Å². The zero-order valence-corrected chi connectivity index (χ0v) is 14.9. The molecule has 3 unspecified atom stereocenters. The number of fused-ring (bicyclic) bond motifs is 1. The number of benzene rings is 1. The standard InChI is InChI=1S/C20H26N2O2/c1-12-6-5-7-18(13(12)2)22-20(23)17-10-15-8-9-16(24-4)11-19(15)21-14(17)3/h8-13,18H,5-7H2,1-4H3,(H,22,23). The molecule has 0 bridgehead atoms. The smallest absolute Gasteiger partial charge is 0.253 e. The molecule has 1 heterocycles. The number of nitrogens with one attached hydrogen (secondary N) is 1. The molecule has 4 heteroatoms. The summed E-state index contributed by atoms with van der Waals surface area (Å²) in [6, 6.07) is 7.93. The van der Waals surface area contributed by atoms with Crippen molar-refractivity contribution >= 4 is 16.8 Å². The minimum absolute atomic E-state index is 0.0105. The first kappa shape index (κ1) is 16.7. The second kappa shape index (κ2) is 6.80. The van der Waals surface area contributed by atoms with E-state index >= 15 is 0 Å². The zero-order valence-electron chi connectivity index (χ0n) is 14.9. The number of ether oxygens (including phenoxy) is 1. The highest BCUT2D eigenvalue weighted by Crippen LogP contribution is 2.30. The molecule has 3 rings (SSSR count). The van der Waals surface area contributed by atoms with Crippen LogP contribution < -0.4 is 10.1 Å². The van der Waals surface area contributed by atoms with E-state index in [4.69, 9.17) is 4.74 Å². The second-order valence-corrected chi connectivity index (χ2v) is 7.03. The van der Waals surface area contributed by atoms with Crippen molar-refractivity contribution in [2.45, 2.75) is 46.1 Å². The average molecular weight is 326 g/mol. The summed E-state index contributed by atoms with van der Waals surface area (Å²) in [5, 5.41) is 4.19. The first-order valence-corrected chi connectivity index (χ1v) is 8.76. The number of amides is 1. The van der Waals surface area contributed by atoms with E-state index in [1.807, 2.05) is 31.2 Å². The molecule has 0 radical (unpaired) electrons. The maximum atomic E-state index is 12.8. The lowest BCUT2D eigenvalue weighted by molar-refractivity contribution is 0.0890. The molecule has 1 aliphatic rings. The fourth-order valence-corrected chi connectivity index (χ4v) is 3.63. The summed E-state index contributed by atoms with van der Waals surface area (Å²) in [5.74, 6) is 1.94. The number of aryl methyl sites for hydroxylation is 1. The number of nitrogens with zero attached hydrogens (tertiary/aromatic N) is 1. The number of rotatable bonds is 3. The number of hydrogen-bond donors (Lipinski definition) is 1. The third kappa shape index (κ3) is 3.23. The van der Waals surface area contributed by atoms with Crippen LogP contribution in [0.1, 0.15) is 49.2 Å². The molecule has 0 aliphatic heterocycles. The number of carbonyl (C=O) groups is 1. The molecule has 1 aromatic heterocycles. The van der Waals surface area contributed by atoms with E-state index in [2.05, 4.69) is 24.1 Å². The van der Waals surface area contributed by atoms with Gasteiger partial charge in [0.2, 0.25) is 0 Å². The van der Waals surface area contributed by atoms with Gasteiger partial charge in [0.05, 0.1) is 23.9 Å². The van der Waals surface area contributed by atoms with Gasteiger partial charge < -0.3 is 10.1 Å². The molecule has 1 aromatic carbocycles. The number of aromatic nitrogens is 1. The molecular formula is C20H26N2O2. The lowest BCUT2D eigenvalue weighted by Crippen LogP contribution is -2.43. The topological polar surface area (TPSA) is 51.2 Å². The van der Waals surface area contributed by atoms with Crippen molar-refractivity contribution in [2.75, 3.05) is 7.11 Å². The van der Waals surface area contributed by atoms with Crippen LogP contribution in [0.15, 0.2) is 24.3 Å². The Hall–Kier alpha value is -2.10. The zero-order chi connectivity index (χ0) is 17.3. The maximum Gasteiger partial charge on any atom is 0.253 e. The normalized spacial score (nSPS) is 23.9. The van der Waals surface area contributed by atoms with Crippen LogP contribution in [0.4, 0.5) is 0 Å². The molecule has 1 aliphatic carbocycles. The Kier molecular flexibility index (Phi) is 4.74. The first-order chi connectivity index (χ1) is 11.5. The van der Waals surface area contributed by atoms with Crippen molar-refractivity contribution in [3.8, 4) is 5.75 Å². The summed E-state index contributed by atoms with van der Waals surface area (Å²) in [5.41, 5.74) is 2.27. The summed E-state index contributed by atoms with van der Waals surface area (Å²) in [7, 11) is 1.64. The first-order valence-electron chi connectivity index (χ1n) is 8.76. The minimum atomic E-state index is -0.0105. The fourth-order valence-electron chi connectivity index (χ4n) is 3.63. The molecule has 1 amide bonds. The average Bonchev–Trinajstić information content (AvgIpc) is 2.57. The Morgan fingerprint density at radius 2 is 2.04 bits per heavy atom. The van der Waals surface area contributed by atoms with Gasteiger partial charge in [-0.15, -0.1) is 0 Å².